The van der Waals surface area contributed by atoms with Crippen molar-refractivity contribution in [2.75, 3.05) is 0 Å². The Kier molecular flexibility index (Phi) is 28.9. The average Bonchev–Trinajstić information content (AvgIpc) is 1.67. The quantitative estimate of drug-likeness (QED) is 0.0690. The molecule has 0 amide bonds. The van der Waals surface area contributed by atoms with Crippen LogP contribution in [-0.4, -0.2) is 74.8 Å². The number of H-pyrrole nitrogens is 5. The Hall–Kier alpha value is -13.7. The van der Waals surface area contributed by atoms with E-state index in [1.807, 2.05) is 125 Å². The number of aromatic nitrogens is 15. The zero-order chi connectivity index (χ0) is 90.4. The Morgan fingerprint density at radius 3 is 1.18 bits per heavy atom. The predicted molar refractivity (Wildman–Crippen MR) is 508 cm³/mol. The molecule has 0 unspecified atom stereocenters. The Bertz CT molecular complexity index is 6760. The highest BCUT2D eigenvalue weighted by Crippen LogP contribution is 2.42. The topological polar surface area (TPSA) is 208 Å². The first-order valence-corrected chi connectivity index (χ1v) is 43.6. The third-order valence-electron chi connectivity index (χ3n) is 21.1. The molecule has 10 aromatic carbocycles. The minimum absolute atomic E-state index is 0.214. The number of aryl methyl sites for hydroxylation is 7. The van der Waals surface area contributed by atoms with E-state index in [0.29, 0.717) is 49.3 Å². The molecule has 5 N–H and O–H groups in total. The summed E-state index contributed by atoms with van der Waals surface area (Å²) >= 11 is 25.6. The van der Waals surface area contributed by atoms with E-state index in [0.717, 1.165) is 168 Å². The molecular weight excluding hydrogens is 1740 g/mol. The number of pyridine rings is 2. The van der Waals surface area contributed by atoms with Gasteiger partial charge < -0.3 is 24.9 Å². The Morgan fingerprint density at radius 2 is 0.682 bits per heavy atom. The molecule has 26 heteroatoms. The maximum Gasteiger partial charge on any atom is 0.126 e. The van der Waals surface area contributed by atoms with Crippen molar-refractivity contribution in [3.63, 3.8) is 0 Å². The van der Waals surface area contributed by atoms with Crippen LogP contribution in [0.4, 0.5) is 26.3 Å². The molecule has 646 valence electrons. The van der Waals surface area contributed by atoms with Crippen LogP contribution in [0.15, 0.2) is 280 Å². The van der Waals surface area contributed by atoms with Gasteiger partial charge in [-0.1, -0.05) is 132 Å². The van der Waals surface area contributed by atoms with E-state index >= 15 is 0 Å². The number of nitrogens with one attached hydrogen (secondary N) is 5. The zero-order valence-corrected chi connectivity index (χ0v) is 74.7. The highest BCUT2D eigenvalue weighted by atomic mass is 35.5. The zero-order valence-electron chi connectivity index (χ0n) is 70.8. The highest BCUT2D eigenvalue weighted by Gasteiger charge is 2.25. The maximum absolute atomic E-state index is 13.6. The van der Waals surface area contributed by atoms with Crippen LogP contribution in [0.2, 0.25) is 20.1 Å². The molecular formula is C103H83Cl4F6N15S. The molecule has 1 aliphatic carbocycles. The summed E-state index contributed by atoms with van der Waals surface area (Å²) in [5, 5.41) is 3.45. The number of thiazole rings is 1. The van der Waals surface area contributed by atoms with Gasteiger partial charge in [0, 0.05) is 120 Å². The molecule has 20 rings (SSSR count). The lowest BCUT2D eigenvalue weighted by molar-refractivity contribution is 0.431. The van der Waals surface area contributed by atoms with Gasteiger partial charge in [0.2, 0.25) is 0 Å². The van der Waals surface area contributed by atoms with Crippen LogP contribution in [0.25, 0.3) is 145 Å². The van der Waals surface area contributed by atoms with Crippen molar-refractivity contribution in [2.24, 2.45) is 0 Å². The summed E-state index contributed by atoms with van der Waals surface area (Å²) in [6, 6.07) is 70.1. The van der Waals surface area contributed by atoms with Gasteiger partial charge in [-0.15, -0.1) is 11.3 Å². The van der Waals surface area contributed by atoms with Crippen LogP contribution in [0.5, 0.6) is 0 Å². The summed E-state index contributed by atoms with van der Waals surface area (Å²) in [7, 11) is 0. The summed E-state index contributed by atoms with van der Waals surface area (Å²) < 4.78 is 79.7. The summed E-state index contributed by atoms with van der Waals surface area (Å²) in [6.45, 7) is 13.3. The van der Waals surface area contributed by atoms with Gasteiger partial charge in [0.25, 0.3) is 0 Å². The standard InChI is InChI=1S/C20H20FN3.C19H15FN4.C17H15ClN2.C16H11ClF2N2.C16H12F2N2.C15H10Cl2N2S/c21-17-8-6-14(7-9-17)18-19(15-10-12-22-13-11-15)24-20(23-18)16-4-2-1-3-5-16;1-11-9-13(3-5-15(11)20)18-19(24-12(2)23-18)14-4-6-16-17(10-14)22-8-7-21-16;1-11-3-5-13(6-4-11)16-17(20-12(2)19-16)14-7-9-15(18)10-8-14;1-9-20-15(10-2-4-12(17)5-3-10)16(21-9)11-6-13(18)8-14(19)7-11;1-10-19-15(11-2-6-13(17)7-3-11)16(20-10)12-4-8-14(18)9-5-12;1-9-19-14(11-2-3-12(16)13(17)8-11)15(20-9)10-4-6-18-7-5-10/h6-13,16H,1-5H2,(H,23,24);3-10H,1-2H3,(H,23,24);3-10H,1-2H3,(H,19,20);2-8H,1H3,(H,20,21);2-9H,1H3,(H,19,20);2-8H,1H3. The van der Waals surface area contributed by atoms with E-state index in [-0.39, 0.29) is 23.3 Å². The number of rotatable bonds is 13. The van der Waals surface area contributed by atoms with Crippen molar-refractivity contribution in [1.82, 2.24) is 74.8 Å². The molecule has 1 aliphatic rings. The van der Waals surface area contributed by atoms with Crippen molar-refractivity contribution < 1.29 is 26.3 Å². The second-order valence-corrected chi connectivity index (χ2v) is 33.5. The monoisotopic (exact) mass is 1820 g/mol. The van der Waals surface area contributed by atoms with Gasteiger partial charge in [-0.2, -0.15) is 0 Å². The fourth-order valence-electron chi connectivity index (χ4n) is 14.9. The number of aromatic amines is 5. The molecule has 0 aliphatic heterocycles. The van der Waals surface area contributed by atoms with Crippen LogP contribution < -0.4 is 0 Å². The second kappa shape index (κ2) is 41.4. The summed E-state index contributed by atoms with van der Waals surface area (Å²) in [6.07, 6.45) is 16.7. The van der Waals surface area contributed by atoms with Crippen molar-refractivity contribution >= 4 is 68.8 Å². The molecule has 9 heterocycles. The van der Waals surface area contributed by atoms with Crippen molar-refractivity contribution in [2.45, 2.75) is 86.5 Å². The number of fused-ring (bicyclic) bond motifs is 1. The van der Waals surface area contributed by atoms with Gasteiger partial charge in [-0.25, -0.2) is 56.2 Å². The molecule has 9 aromatic heterocycles. The van der Waals surface area contributed by atoms with E-state index < -0.39 is 11.6 Å². The molecule has 0 atom stereocenters. The molecule has 0 spiro atoms. The second-order valence-electron chi connectivity index (χ2n) is 30.7. The highest BCUT2D eigenvalue weighted by molar-refractivity contribution is 7.15. The van der Waals surface area contributed by atoms with Crippen LogP contribution in [0.3, 0.4) is 0 Å². The molecule has 0 saturated heterocycles. The first-order valence-electron chi connectivity index (χ1n) is 41.3. The molecule has 1 saturated carbocycles. The van der Waals surface area contributed by atoms with Gasteiger partial charge in [0.05, 0.1) is 93.6 Å². The maximum atomic E-state index is 13.6. The van der Waals surface area contributed by atoms with Crippen molar-refractivity contribution in [3.8, 4) is 134 Å². The lowest BCUT2D eigenvalue weighted by atomic mass is 9.89. The van der Waals surface area contributed by atoms with Gasteiger partial charge in [-0.05, 0) is 248 Å². The SMILES string of the molecule is Cc1ccc(-c2[nH]c(C)nc2-c2ccc(Cl)cc2)cc1.Cc1nc(-c2cc(F)cc(F)c2)c(-c2ccc(Cl)cc2)[nH]1.Cc1nc(-c2ccc(Cl)c(Cl)c2)c(-c2ccncc2)s1.Cc1nc(-c2ccc(F)c(C)c2)c(-c2ccc3nccnc3c2)[nH]1.Cc1nc(-c2ccc(F)cc2)c(-c2ccc(F)cc2)[nH]1.Fc1ccc(-c2nc(C3CCCCC3)[nH]c2-c2ccncc2)cc1. The first kappa shape index (κ1) is 90.1. The third-order valence-corrected chi connectivity index (χ3v) is 23.4. The molecule has 129 heavy (non-hydrogen) atoms. The summed E-state index contributed by atoms with van der Waals surface area (Å²) in [5.74, 6) is 2.41. The number of halogens is 10. The minimum Gasteiger partial charge on any atom is -0.342 e. The van der Waals surface area contributed by atoms with Crippen LogP contribution in [-0.2, 0) is 0 Å². The van der Waals surface area contributed by atoms with Gasteiger partial charge in [0.1, 0.15) is 64.0 Å². The van der Waals surface area contributed by atoms with E-state index in [2.05, 4.69) is 101 Å². The number of benzene rings is 10. The Labute approximate surface area is 765 Å². The normalized spacial score (nSPS) is 11.7. The smallest absolute Gasteiger partial charge is 0.126 e. The number of hydrogen-bond donors (Lipinski definition) is 5. The van der Waals surface area contributed by atoms with E-state index in [1.54, 1.807) is 123 Å². The van der Waals surface area contributed by atoms with Crippen LogP contribution in [0, 0.1) is 83.4 Å². The third kappa shape index (κ3) is 22.6. The Balaban J connectivity index is 0.000000119. The van der Waals surface area contributed by atoms with E-state index in [4.69, 9.17) is 51.4 Å². The molecule has 0 radical (unpaired) electrons. The van der Waals surface area contributed by atoms with Crippen LogP contribution in [0.1, 0.15) is 83.3 Å². The number of imidazole rings is 5. The van der Waals surface area contributed by atoms with Crippen molar-refractivity contribution in [1.29, 1.82) is 0 Å². The predicted octanol–water partition coefficient (Wildman–Crippen LogP) is 29.6. The molecule has 1 fully saturated rings. The fourth-order valence-corrected chi connectivity index (χ4v) is 16.4. The number of nitrogens with zero attached hydrogens (tertiary/aromatic N) is 10. The fraction of sp³-hybridized carbons (Fsp3) is 0.126. The minimum atomic E-state index is -0.632. The lowest BCUT2D eigenvalue weighted by Crippen LogP contribution is -2.06. The van der Waals surface area contributed by atoms with E-state index in [9.17, 15) is 26.3 Å². The summed E-state index contributed by atoms with van der Waals surface area (Å²) in [4.78, 5) is 61.9. The van der Waals surface area contributed by atoms with Crippen molar-refractivity contribution in [3.05, 3.63) is 380 Å². The molecule has 19 aromatic rings. The van der Waals surface area contributed by atoms with Gasteiger partial charge in [-0.3, -0.25) is 19.9 Å². The molecule has 15 nitrogen and oxygen atoms in total. The first-order chi connectivity index (χ1) is 62.4. The lowest BCUT2D eigenvalue weighted by Gasteiger charge is -2.19. The number of hydrogen-bond acceptors (Lipinski definition) is 11. The van der Waals surface area contributed by atoms with Gasteiger partial charge >= 0.3 is 0 Å². The Morgan fingerprint density at radius 1 is 0.295 bits per heavy atom. The van der Waals surface area contributed by atoms with Gasteiger partial charge in [0.15, 0.2) is 0 Å². The largest absolute Gasteiger partial charge is 0.342 e. The molecule has 0 bridgehead atoms. The summed E-state index contributed by atoms with van der Waals surface area (Å²) in [5.41, 5.74) is 23.8. The average molecular weight is 1820 g/mol. The van der Waals surface area contributed by atoms with E-state index in [1.165, 1.54) is 92.3 Å². The van der Waals surface area contributed by atoms with Crippen LogP contribution >= 0.6 is 57.7 Å².